The maximum atomic E-state index is 13.1. The first-order chi connectivity index (χ1) is 11.8. The molecule has 2 aliphatic heterocycles. The highest BCUT2D eigenvalue weighted by Gasteiger charge is 2.44. The van der Waals surface area contributed by atoms with Crippen LogP contribution >= 0.6 is 0 Å². The number of carbonyl (C=O) groups excluding carboxylic acids is 1. The first kappa shape index (κ1) is 18.2. The third-order valence-electron chi connectivity index (χ3n) is 5.25. The van der Waals surface area contributed by atoms with Crippen molar-refractivity contribution in [3.8, 4) is 0 Å². The summed E-state index contributed by atoms with van der Waals surface area (Å²) in [6.07, 6.45) is -2.74. The van der Waals surface area contributed by atoms with Crippen molar-refractivity contribution in [2.24, 2.45) is 0 Å². The summed E-state index contributed by atoms with van der Waals surface area (Å²) < 4.78 is 45.0. The molecule has 2 fully saturated rings. The monoisotopic (exact) mass is 357 g/mol. The Morgan fingerprint density at radius 3 is 2.60 bits per heavy atom. The van der Waals surface area contributed by atoms with Gasteiger partial charge in [-0.3, -0.25) is 4.79 Å². The number of piperidine rings is 1. The van der Waals surface area contributed by atoms with E-state index < -0.39 is 23.4 Å². The third-order valence-corrected chi connectivity index (χ3v) is 5.25. The minimum Gasteiger partial charge on any atom is -0.390 e. The second kappa shape index (κ2) is 6.96. The fraction of sp³-hybridized carbons (Fsp3) is 0.611. The molecule has 0 aliphatic carbocycles. The van der Waals surface area contributed by atoms with Crippen molar-refractivity contribution in [1.29, 1.82) is 0 Å². The molecule has 3 rings (SSSR count). The molecule has 2 saturated heterocycles. The van der Waals surface area contributed by atoms with Crippen molar-refractivity contribution in [3.63, 3.8) is 0 Å². The Hall–Kier alpha value is -1.60. The van der Waals surface area contributed by atoms with E-state index in [0.717, 1.165) is 12.5 Å². The van der Waals surface area contributed by atoms with Gasteiger partial charge in [-0.25, -0.2) is 0 Å². The van der Waals surface area contributed by atoms with Crippen LogP contribution in [0.5, 0.6) is 0 Å². The van der Waals surface area contributed by atoms with E-state index in [2.05, 4.69) is 0 Å². The smallest absolute Gasteiger partial charge is 0.390 e. The number of likely N-dealkylation sites (tertiary alicyclic amines) is 1. The number of aliphatic hydroxyl groups is 1. The summed E-state index contributed by atoms with van der Waals surface area (Å²) >= 11 is 0. The number of hydrogen-bond donors (Lipinski definition) is 1. The average molecular weight is 357 g/mol. The summed E-state index contributed by atoms with van der Waals surface area (Å²) in [5.74, 6) is -0.322. The molecule has 1 N–H and O–H groups in total. The molecule has 0 saturated carbocycles. The van der Waals surface area contributed by atoms with Gasteiger partial charge in [0.05, 0.1) is 23.7 Å². The lowest BCUT2D eigenvalue weighted by Crippen LogP contribution is -2.56. The van der Waals surface area contributed by atoms with Crippen molar-refractivity contribution in [1.82, 2.24) is 4.90 Å². The number of hydrogen-bond acceptors (Lipinski definition) is 3. The van der Waals surface area contributed by atoms with Gasteiger partial charge >= 0.3 is 6.18 Å². The van der Waals surface area contributed by atoms with Crippen LogP contribution in [-0.2, 0) is 22.1 Å². The van der Waals surface area contributed by atoms with Gasteiger partial charge in [0, 0.05) is 19.7 Å². The van der Waals surface area contributed by atoms with Gasteiger partial charge in [-0.2, -0.15) is 13.2 Å². The van der Waals surface area contributed by atoms with E-state index in [1.165, 1.54) is 18.2 Å². The van der Waals surface area contributed by atoms with Crippen molar-refractivity contribution < 1.29 is 27.8 Å². The van der Waals surface area contributed by atoms with Gasteiger partial charge < -0.3 is 14.7 Å². The molecule has 2 aliphatic rings. The van der Waals surface area contributed by atoms with Gasteiger partial charge in [0.15, 0.2) is 0 Å². The van der Waals surface area contributed by atoms with Crippen LogP contribution in [0.25, 0.3) is 0 Å². The molecule has 1 aromatic carbocycles. The second-order valence-corrected chi connectivity index (χ2v) is 6.78. The van der Waals surface area contributed by atoms with Crippen LogP contribution in [0.2, 0.25) is 0 Å². The predicted octanol–water partition coefficient (Wildman–Crippen LogP) is 2.78. The fourth-order valence-corrected chi connectivity index (χ4v) is 3.75. The number of halogens is 3. The van der Waals surface area contributed by atoms with E-state index in [1.807, 2.05) is 0 Å². The summed E-state index contributed by atoms with van der Waals surface area (Å²) in [6.45, 7) is 1.39. The molecule has 1 spiro atoms. The molecule has 0 bridgehead atoms. The van der Waals surface area contributed by atoms with E-state index in [9.17, 15) is 23.1 Å². The summed E-state index contributed by atoms with van der Waals surface area (Å²) in [7, 11) is 0. The summed E-state index contributed by atoms with van der Waals surface area (Å²) in [4.78, 5) is 14.0. The van der Waals surface area contributed by atoms with E-state index >= 15 is 0 Å². The SMILES string of the molecule is O=C(Cc1ccccc1C(F)(F)F)N1CCC2(CC1)OCCCC2O. The van der Waals surface area contributed by atoms with Crippen molar-refractivity contribution in [2.45, 2.75) is 50.0 Å². The molecular weight excluding hydrogens is 335 g/mol. The van der Waals surface area contributed by atoms with Crippen LogP contribution in [0.3, 0.4) is 0 Å². The zero-order chi connectivity index (χ0) is 18.1. The molecule has 7 heteroatoms. The molecule has 138 valence electrons. The van der Waals surface area contributed by atoms with Gasteiger partial charge in [-0.1, -0.05) is 18.2 Å². The fourth-order valence-electron chi connectivity index (χ4n) is 3.75. The molecule has 1 aromatic rings. The standard InChI is InChI=1S/C18H22F3NO3/c19-18(20,21)14-5-2-1-4-13(14)12-16(24)22-9-7-17(8-10-22)15(23)6-3-11-25-17/h1-2,4-5,15,23H,3,6-12H2. The van der Waals surface area contributed by atoms with E-state index in [1.54, 1.807) is 4.90 Å². The number of rotatable bonds is 2. The highest BCUT2D eigenvalue weighted by Crippen LogP contribution is 2.36. The quantitative estimate of drug-likeness (QED) is 0.886. The number of ether oxygens (including phenoxy) is 1. The number of amides is 1. The lowest BCUT2D eigenvalue weighted by atomic mass is 9.82. The number of aliphatic hydroxyl groups excluding tert-OH is 1. The zero-order valence-electron chi connectivity index (χ0n) is 13.9. The Balaban J connectivity index is 1.64. The van der Waals surface area contributed by atoms with Crippen LogP contribution in [0.1, 0.15) is 36.8 Å². The van der Waals surface area contributed by atoms with Gasteiger partial charge in [-0.15, -0.1) is 0 Å². The van der Waals surface area contributed by atoms with Crippen molar-refractivity contribution >= 4 is 5.91 Å². The molecule has 25 heavy (non-hydrogen) atoms. The normalized spacial score (nSPS) is 23.7. The lowest BCUT2D eigenvalue weighted by Gasteiger charge is -2.46. The first-order valence-electron chi connectivity index (χ1n) is 8.57. The molecule has 0 radical (unpaired) electrons. The van der Waals surface area contributed by atoms with Gasteiger partial charge in [0.1, 0.15) is 0 Å². The van der Waals surface area contributed by atoms with E-state index in [0.29, 0.717) is 39.0 Å². The highest BCUT2D eigenvalue weighted by atomic mass is 19.4. The molecule has 0 aromatic heterocycles. The molecule has 2 heterocycles. The summed E-state index contributed by atoms with van der Waals surface area (Å²) in [5.41, 5.74) is -1.36. The molecule has 1 amide bonds. The van der Waals surface area contributed by atoms with Crippen LogP contribution in [0.15, 0.2) is 24.3 Å². The van der Waals surface area contributed by atoms with Crippen LogP contribution < -0.4 is 0 Å². The maximum absolute atomic E-state index is 13.1. The largest absolute Gasteiger partial charge is 0.416 e. The Morgan fingerprint density at radius 2 is 1.96 bits per heavy atom. The Labute approximate surface area is 144 Å². The Morgan fingerprint density at radius 1 is 1.28 bits per heavy atom. The Bertz CT molecular complexity index is 624. The average Bonchev–Trinajstić information content (AvgIpc) is 2.58. The maximum Gasteiger partial charge on any atom is 0.416 e. The number of benzene rings is 1. The van der Waals surface area contributed by atoms with Crippen molar-refractivity contribution in [2.75, 3.05) is 19.7 Å². The molecule has 1 unspecified atom stereocenters. The lowest BCUT2D eigenvalue weighted by molar-refractivity contribution is -0.179. The third kappa shape index (κ3) is 3.82. The van der Waals surface area contributed by atoms with Crippen LogP contribution in [0, 0.1) is 0 Å². The number of carbonyl (C=O) groups is 1. The van der Waals surface area contributed by atoms with Gasteiger partial charge in [-0.05, 0) is 37.3 Å². The minimum absolute atomic E-state index is 0.00534. The van der Waals surface area contributed by atoms with Crippen LogP contribution in [0.4, 0.5) is 13.2 Å². The molecule has 1 atom stereocenters. The topological polar surface area (TPSA) is 49.8 Å². The number of alkyl halides is 3. The molecular formula is C18H22F3NO3. The van der Waals surface area contributed by atoms with Crippen molar-refractivity contribution in [3.05, 3.63) is 35.4 Å². The van der Waals surface area contributed by atoms with E-state index in [4.69, 9.17) is 4.74 Å². The zero-order valence-corrected chi connectivity index (χ0v) is 13.9. The Kier molecular flexibility index (Phi) is 5.06. The number of nitrogens with zero attached hydrogens (tertiary/aromatic N) is 1. The second-order valence-electron chi connectivity index (χ2n) is 6.78. The van der Waals surface area contributed by atoms with Crippen LogP contribution in [-0.4, -0.2) is 47.3 Å². The highest BCUT2D eigenvalue weighted by molar-refractivity contribution is 5.79. The van der Waals surface area contributed by atoms with Gasteiger partial charge in [0.2, 0.25) is 5.91 Å². The van der Waals surface area contributed by atoms with Gasteiger partial charge in [0.25, 0.3) is 0 Å². The minimum atomic E-state index is -4.47. The summed E-state index contributed by atoms with van der Waals surface area (Å²) in [6, 6.07) is 5.18. The van der Waals surface area contributed by atoms with E-state index in [-0.39, 0.29) is 17.9 Å². The first-order valence-corrected chi connectivity index (χ1v) is 8.57. The summed E-state index contributed by atoms with van der Waals surface area (Å²) in [5, 5.41) is 10.2. The predicted molar refractivity (Wildman–Crippen MR) is 84.9 cm³/mol. The molecule has 4 nitrogen and oxygen atoms in total.